The molecule has 4 nitrogen and oxygen atoms in total. The Kier molecular flexibility index (Phi) is 4.81. The summed E-state index contributed by atoms with van der Waals surface area (Å²) in [6.45, 7) is 1.51. The minimum atomic E-state index is -0.426. The predicted octanol–water partition coefficient (Wildman–Crippen LogP) is 3.19. The molecule has 2 aromatic rings. The van der Waals surface area contributed by atoms with Gasteiger partial charge in [0.1, 0.15) is 6.10 Å². The van der Waals surface area contributed by atoms with Crippen molar-refractivity contribution in [1.29, 1.82) is 5.26 Å². The number of ether oxygens (including phenoxy) is 3. The molecule has 1 saturated heterocycles. The van der Waals surface area contributed by atoms with Crippen LogP contribution in [0.5, 0.6) is 0 Å². The summed E-state index contributed by atoms with van der Waals surface area (Å²) in [7, 11) is 0. The Bertz CT molecular complexity index is 643. The Morgan fingerprint density at radius 2 is 1.82 bits per heavy atom. The molecule has 0 aliphatic carbocycles. The van der Waals surface area contributed by atoms with Gasteiger partial charge in [-0.05, 0) is 17.7 Å². The van der Waals surface area contributed by atoms with E-state index in [1.807, 2.05) is 42.5 Å². The quantitative estimate of drug-likeness (QED) is 0.869. The van der Waals surface area contributed by atoms with Gasteiger partial charge < -0.3 is 14.2 Å². The third kappa shape index (κ3) is 3.71. The van der Waals surface area contributed by atoms with Gasteiger partial charge in [-0.25, -0.2) is 0 Å². The summed E-state index contributed by atoms with van der Waals surface area (Å²) in [5.41, 5.74) is 2.60. The topological polar surface area (TPSA) is 51.5 Å². The number of nitriles is 1. The SMILES string of the molecule is N#Cc1cccc(C2OCC(OCc3ccccc3)CO2)c1. The van der Waals surface area contributed by atoms with E-state index in [4.69, 9.17) is 19.5 Å². The van der Waals surface area contributed by atoms with Crippen LogP contribution in [0.15, 0.2) is 54.6 Å². The summed E-state index contributed by atoms with van der Waals surface area (Å²) in [5.74, 6) is 0. The monoisotopic (exact) mass is 295 g/mol. The molecule has 0 bridgehead atoms. The van der Waals surface area contributed by atoms with Crippen LogP contribution in [0.25, 0.3) is 0 Å². The minimum Gasteiger partial charge on any atom is -0.369 e. The fraction of sp³-hybridized carbons (Fsp3) is 0.278. The van der Waals surface area contributed by atoms with Gasteiger partial charge >= 0.3 is 0 Å². The van der Waals surface area contributed by atoms with Gasteiger partial charge in [-0.3, -0.25) is 0 Å². The molecule has 4 heteroatoms. The van der Waals surface area contributed by atoms with Crippen LogP contribution in [0.3, 0.4) is 0 Å². The van der Waals surface area contributed by atoms with Crippen molar-refractivity contribution in [3.8, 4) is 6.07 Å². The van der Waals surface area contributed by atoms with Crippen molar-refractivity contribution in [2.45, 2.75) is 19.0 Å². The molecule has 0 unspecified atom stereocenters. The van der Waals surface area contributed by atoms with Crippen LogP contribution < -0.4 is 0 Å². The molecule has 0 amide bonds. The first-order valence-corrected chi connectivity index (χ1v) is 7.24. The molecule has 2 aromatic carbocycles. The Labute approximate surface area is 129 Å². The second kappa shape index (κ2) is 7.19. The molecule has 3 rings (SSSR count). The average Bonchev–Trinajstić information content (AvgIpc) is 2.61. The summed E-state index contributed by atoms with van der Waals surface area (Å²) >= 11 is 0. The van der Waals surface area contributed by atoms with Crippen molar-refractivity contribution in [1.82, 2.24) is 0 Å². The van der Waals surface area contributed by atoms with Gasteiger partial charge in [0.05, 0.1) is 31.5 Å². The van der Waals surface area contributed by atoms with Gasteiger partial charge in [0.2, 0.25) is 0 Å². The lowest BCUT2D eigenvalue weighted by Crippen LogP contribution is -2.33. The second-order valence-electron chi connectivity index (χ2n) is 5.15. The smallest absolute Gasteiger partial charge is 0.184 e. The Morgan fingerprint density at radius 3 is 2.55 bits per heavy atom. The van der Waals surface area contributed by atoms with E-state index in [0.717, 1.165) is 11.1 Å². The van der Waals surface area contributed by atoms with E-state index in [1.54, 1.807) is 12.1 Å². The number of rotatable bonds is 4. The lowest BCUT2D eigenvalue weighted by atomic mass is 10.1. The minimum absolute atomic E-state index is 0.0735. The number of hydrogen-bond acceptors (Lipinski definition) is 4. The molecule has 0 atom stereocenters. The number of nitrogens with zero attached hydrogens (tertiary/aromatic N) is 1. The molecule has 112 valence electrons. The molecule has 0 spiro atoms. The Morgan fingerprint density at radius 1 is 1.05 bits per heavy atom. The molecule has 1 heterocycles. The van der Waals surface area contributed by atoms with Gasteiger partial charge in [-0.15, -0.1) is 0 Å². The summed E-state index contributed by atoms with van der Waals surface area (Å²) in [6.07, 6.45) is -0.500. The first-order valence-electron chi connectivity index (χ1n) is 7.24. The normalized spacial score (nSPS) is 21.2. The van der Waals surface area contributed by atoms with E-state index in [9.17, 15) is 0 Å². The van der Waals surface area contributed by atoms with E-state index < -0.39 is 6.29 Å². The van der Waals surface area contributed by atoms with Crippen LogP contribution in [0, 0.1) is 11.3 Å². The summed E-state index contributed by atoms with van der Waals surface area (Å²) < 4.78 is 17.2. The van der Waals surface area contributed by atoms with Gasteiger partial charge in [-0.2, -0.15) is 5.26 Å². The maximum atomic E-state index is 8.93. The highest BCUT2D eigenvalue weighted by molar-refractivity contribution is 5.33. The molecule has 0 aromatic heterocycles. The molecule has 0 saturated carbocycles. The molecule has 1 fully saturated rings. The standard InChI is InChI=1S/C18H17NO3/c19-10-15-7-4-8-16(9-15)18-21-12-17(13-22-18)20-11-14-5-2-1-3-6-14/h1-9,17-18H,11-13H2. The van der Waals surface area contributed by atoms with Crippen LogP contribution in [0.2, 0.25) is 0 Å². The molecule has 1 aliphatic rings. The van der Waals surface area contributed by atoms with E-state index in [0.29, 0.717) is 25.4 Å². The number of hydrogen-bond donors (Lipinski definition) is 0. The van der Waals surface area contributed by atoms with E-state index in [1.165, 1.54) is 0 Å². The zero-order chi connectivity index (χ0) is 15.2. The first-order chi connectivity index (χ1) is 10.8. The van der Waals surface area contributed by atoms with Crippen LogP contribution in [-0.2, 0) is 20.8 Å². The fourth-order valence-electron chi connectivity index (χ4n) is 2.32. The maximum Gasteiger partial charge on any atom is 0.184 e. The van der Waals surface area contributed by atoms with Crippen LogP contribution in [0.4, 0.5) is 0 Å². The summed E-state index contributed by atoms with van der Waals surface area (Å²) in [6, 6.07) is 19.4. The van der Waals surface area contributed by atoms with Crippen LogP contribution in [0.1, 0.15) is 23.0 Å². The zero-order valence-electron chi connectivity index (χ0n) is 12.1. The highest BCUT2D eigenvalue weighted by atomic mass is 16.7. The summed E-state index contributed by atoms with van der Waals surface area (Å²) in [4.78, 5) is 0. The van der Waals surface area contributed by atoms with Gasteiger partial charge in [0.25, 0.3) is 0 Å². The van der Waals surface area contributed by atoms with Gasteiger partial charge in [0.15, 0.2) is 6.29 Å². The van der Waals surface area contributed by atoms with E-state index >= 15 is 0 Å². The lowest BCUT2D eigenvalue weighted by molar-refractivity contribution is -0.232. The molecular formula is C18H17NO3. The molecule has 22 heavy (non-hydrogen) atoms. The zero-order valence-corrected chi connectivity index (χ0v) is 12.1. The Hall–Kier alpha value is -2.19. The van der Waals surface area contributed by atoms with Crippen molar-refractivity contribution in [2.75, 3.05) is 13.2 Å². The highest BCUT2D eigenvalue weighted by Crippen LogP contribution is 2.24. The van der Waals surface area contributed by atoms with Crippen LogP contribution in [-0.4, -0.2) is 19.3 Å². The van der Waals surface area contributed by atoms with Crippen molar-refractivity contribution in [3.05, 3.63) is 71.3 Å². The highest BCUT2D eigenvalue weighted by Gasteiger charge is 2.24. The Balaban J connectivity index is 1.51. The van der Waals surface area contributed by atoms with E-state index in [2.05, 4.69) is 6.07 Å². The second-order valence-corrected chi connectivity index (χ2v) is 5.15. The fourth-order valence-corrected chi connectivity index (χ4v) is 2.32. The van der Waals surface area contributed by atoms with Crippen molar-refractivity contribution >= 4 is 0 Å². The number of benzene rings is 2. The van der Waals surface area contributed by atoms with Gasteiger partial charge in [-0.1, -0.05) is 42.5 Å². The van der Waals surface area contributed by atoms with Crippen LogP contribution >= 0.6 is 0 Å². The molecule has 1 aliphatic heterocycles. The van der Waals surface area contributed by atoms with Crippen molar-refractivity contribution < 1.29 is 14.2 Å². The largest absolute Gasteiger partial charge is 0.369 e. The van der Waals surface area contributed by atoms with E-state index in [-0.39, 0.29) is 6.10 Å². The third-order valence-corrected chi connectivity index (χ3v) is 3.48. The van der Waals surface area contributed by atoms with Crippen molar-refractivity contribution in [3.63, 3.8) is 0 Å². The molecule has 0 N–H and O–H groups in total. The molecule has 0 radical (unpaired) electrons. The first kappa shape index (κ1) is 14.7. The predicted molar refractivity (Wildman–Crippen MR) is 80.8 cm³/mol. The van der Waals surface area contributed by atoms with Gasteiger partial charge in [0, 0.05) is 5.56 Å². The van der Waals surface area contributed by atoms with Crippen molar-refractivity contribution in [2.24, 2.45) is 0 Å². The summed E-state index contributed by atoms with van der Waals surface area (Å²) in [5, 5.41) is 8.93. The maximum absolute atomic E-state index is 8.93. The third-order valence-electron chi connectivity index (χ3n) is 3.48. The lowest BCUT2D eigenvalue weighted by Gasteiger charge is -2.29. The molecular weight excluding hydrogens is 278 g/mol. The average molecular weight is 295 g/mol.